The molecular weight excluding hydrogens is 220 g/mol. The molecule has 0 spiro atoms. The standard InChI is InChI=1S/C11H22N4S/c1-4-10(5-2)8-16-11-14-13-9(3)15(11)7-6-12/h10H,4-8,12H2,1-3H3. The van der Waals surface area contributed by atoms with Gasteiger partial charge in [0.1, 0.15) is 5.82 Å². The number of nitrogens with zero attached hydrogens (tertiary/aromatic N) is 3. The summed E-state index contributed by atoms with van der Waals surface area (Å²) in [6.45, 7) is 7.90. The first-order valence-electron chi connectivity index (χ1n) is 5.95. The topological polar surface area (TPSA) is 56.7 Å². The van der Waals surface area contributed by atoms with Gasteiger partial charge < -0.3 is 10.3 Å². The number of aromatic nitrogens is 3. The molecule has 0 radical (unpaired) electrons. The predicted octanol–water partition coefficient (Wildman–Crippen LogP) is 2.07. The van der Waals surface area contributed by atoms with Gasteiger partial charge in [0.05, 0.1) is 0 Å². The molecule has 0 aliphatic carbocycles. The van der Waals surface area contributed by atoms with Crippen LogP contribution in [0.2, 0.25) is 0 Å². The van der Waals surface area contributed by atoms with E-state index in [-0.39, 0.29) is 0 Å². The molecule has 0 atom stereocenters. The maximum absolute atomic E-state index is 5.58. The zero-order valence-electron chi connectivity index (χ0n) is 10.4. The van der Waals surface area contributed by atoms with Gasteiger partial charge in [-0.2, -0.15) is 0 Å². The summed E-state index contributed by atoms with van der Waals surface area (Å²) >= 11 is 1.80. The van der Waals surface area contributed by atoms with E-state index in [0.29, 0.717) is 6.54 Å². The molecule has 0 unspecified atom stereocenters. The van der Waals surface area contributed by atoms with E-state index in [2.05, 4.69) is 28.6 Å². The van der Waals surface area contributed by atoms with Crippen molar-refractivity contribution in [2.24, 2.45) is 11.7 Å². The van der Waals surface area contributed by atoms with Crippen LogP contribution in [0.3, 0.4) is 0 Å². The minimum Gasteiger partial charge on any atom is -0.329 e. The van der Waals surface area contributed by atoms with E-state index in [1.54, 1.807) is 11.8 Å². The lowest BCUT2D eigenvalue weighted by molar-refractivity contribution is 0.551. The summed E-state index contributed by atoms with van der Waals surface area (Å²) in [7, 11) is 0. The molecule has 4 nitrogen and oxygen atoms in total. The van der Waals surface area contributed by atoms with Gasteiger partial charge in [0.15, 0.2) is 5.16 Å². The van der Waals surface area contributed by atoms with Crippen LogP contribution < -0.4 is 5.73 Å². The minimum absolute atomic E-state index is 0.636. The van der Waals surface area contributed by atoms with Gasteiger partial charge in [-0.3, -0.25) is 0 Å². The second-order valence-electron chi connectivity index (χ2n) is 3.96. The highest BCUT2D eigenvalue weighted by molar-refractivity contribution is 7.99. The maximum atomic E-state index is 5.58. The van der Waals surface area contributed by atoms with Gasteiger partial charge in [-0.05, 0) is 12.8 Å². The Labute approximate surface area is 102 Å². The fourth-order valence-electron chi connectivity index (χ4n) is 1.57. The average molecular weight is 242 g/mol. The smallest absolute Gasteiger partial charge is 0.191 e. The number of aryl methyl sites for hydroxylation is 1. The second-order valence-corrected chi connectivity index (χ2v) is 4.95. The van der Waals surface area contributed by atoms with Crippen LogP contribution in [-0.2, 0) is 6.54 Å². The van der Waals surface area contributed by atoms with Gasteiger partial charge in [-0.1, -0.05) is 38.5 Å². The first-order chi connectivity index (χ1) is 7.72. The predicted molar refractivity (Wildman–Crippen MR) is 68.6 cm³/mol. The van der Waals surface area contributed by atoms with Crippen molar-refractivity contribution in [1.82, 2.24) is 14.8 Å². The lowest BCUT2D eigenvalue weighted by atomic mass is 10.1. The Bertz CT molecular complexity index is 307. The van der Waals surface area contributed by atoms with Crippen LogP contribution in [0.15, 0.2) is 5.16 Å². The second kappa shape index (κ2) is 6.91. The number of hydrogen-bond acceptors (Lipinski definition) is 4. The van der Waals surface area contributed by atoms with Crippen LogP contribution in [0.4, 0.5) is 0 Å². The quantitative estimate of drug-likeness (QED) is 0.744. The zero-order valence-corrected chi connectivity index (χ0v) is 11.3. The van der Waals surface area contributed by atoms with E-state index >= 15 is 0 Å². The molecule has 1 heterocycles. The summed E-state index contributed by atoms with van der Waals surface area (Å²) in [6.07, 6.45) is 2.46. The molecule has 5 heteroatoms. The van der Waals surface area contributed by atoms with Crippen LogP contribution in [-0.4, -0.2) is 27.1 Å². The van der Waals surface area contributed by atoms with Crippen LogP contribution in [0.5, 0.6) is 0 Å². The van der Waals surface area contributed by atoms with Crippen molar-refractivity contribution in [1.29, 1.82) is 0 Å². The summed E-state index contributed by atoms with van der Waals surface area (Å²) in [6, 6.07) is 0. The number of thioether (sulfide) groups is 1. The van der Waals surface area contributed by atoms with Gasteiger partial charge in [-0.15, -0.1) is 10.2 Å². The first-order valence-corrected chi connectivity index (χ1v) is 6.94. The Morgan fingerprint density at radius 3 is 2.56 bits per heavy atom. The Kier molecular flexibility index (Phi) is 5.84. The van der Waals surface area contributed by atoms with Crippen molar-refractivity contribution in [2.75, 3.05) is 12.3 Å². The molecular formula is C11H22N4S. The summed E-state index contributed by atoms with van der Waals surface area (Å²) in [5.74, 6) is 2.85. The first kappa shape index (κ1) is 13.5. The van der Waals surface area contributed by atoms with Gasteiger partial charge in [0.25, 0.3) is 0 Å². The molecule has 0 amide bonds. The highest BCUT2D eigenvalue weighted by atomic mass is 32.2. The van der Waals surface area contributed by atoms with E-state index in [4.69, 9.17) is 5.73 Å². The molecule has 0 aromatic carbocycles. The third-order valence-corrected chi connectivity index (χ3v) is 4.06. The van der Waals surface area contributed by atoms with Gasteiger partial charge >= 0.3 is 0 Å². The third-order valence-electron chi connectivity index (χ3n) is 2.86. The third kappa shape index (κ3) is 3.49. The molecule has 2 N–H and O–H groups in total. The van der Waals surface area contributed by atoms with Gasteiger partial charge in [0, 0.05) is 18.8 Å². The van der Waals surface area contributed by atoms with E-state index < -0.39 is 0 Å². The summed E-state index contributed by atoms with van der Waals surface area (Å²) in [4.78, 5) is 0. The van der Waals surface area contributed by atoms with Crippen molar-refractivity contribution in [3.05, 3.63) is 5.82 Å². The molecule has 1 rings (SSSR count). The molecule has 0 aliphatic heterocycles. The summed E-state index contributed by atoms with van der Waals surface area (Å²) < 4.78 is 2.10. The molecule has 0 saturated carbocycles. The molecule has 1 aromatic heterocycles. The lowest BCUT2D eigenvalue weighted by Crippen LogP contribution is -2.12. The Hall–Kier alpha value is -0.550. The lowest BCUT2D eigenvalue weighted by Gasteiger charge is -2.11. The Balaban J connectivity index is 2.59. The molecule has 16 heavy (non-hydrogen) atoms. The number of nitrogens with two attached hydrogens (primary N) is 1. The normalized spacial score (nSPS) is 11.3. The van der Waals surface area contributed by atoms with Crippen molar-refractivity contribution in [3.63, 3.8) is 0 Å². The number of rotatable bonds is 7. The zero-order chi connectivity index (χ0) is 12.0. The molecule has 92 valence electrons. The fourth-order valence-corrected chi connectivity index (χ4v) is 2.91. The van der Waals surface area contributed by atoms with Crippen molar-refractivity contribution in [3.8, 4) is 0 Å². The maximum Gasteiger partial charge on any atom is 0.191 e. The van der Waals surface area contributed by atoms with Gasteiger partial charge in [-0.25, -0.2) is 0 Å². The summed E-state index contributed by atoms with van der Waals surface area (Å²) in [5.41, 5.74) is 5.58. The van der Waals surface area contributed by atoms with Crippen LogP contribution in [0, 0.1) is 12.8 Å². The van der Waals surface area contributed by atoms with E-state index in [0.717, 1.165) is 29.2 Å². The molecule has 0 fully saturated rings. The molecule has 1 aromatic rings. The number of hydrogen-bond donors (Lipinski definition) is 1. The van der Waals surface area contributed by atoms with Crippen LogP contribution in [0.1, 0.15) is 32.5 Å². The Morgan fingerprint density at radius 2 is 2.00 bits per heavy atom. The van der Waals surface area contributed by atoms with Crippen molar-refractivity contribution in [2.45, 2.75) is 45.3 Å². The van der Waals surface area contributed by atoms with E-state index in [1.807, 2.05) is 6.92 Å². The van der Waals surface area contributed by atoms with E-state index in [9.17, 15) is 0 Å². The van der Waals surface area contributed by atoms with Crippen molar-refractivity contribution < 1.29 is 0 Å². The largest absolute Gasteiger partial charge is 0.329 e. The van der Waals surface area contributed by atoms with E-state index in [1.165, 1.54) is 12.8 Å². The van der Waals surface area contributed by atoms with Gasteiger partial charge in [0.2, 0.25) is 0 Å². The monoisotopic (exact) mass is 242 g/mol. The Morgan fingerprint density at radius 1 is 1.31 bits per heavy atom. The summed E-state index contributed by atoms with van der Waals surface area (Å²) in [5, 5.41) is 9.31. The molecule has 0 aliphatic rings. The van der Waals surface area contributed by atoms with Crippen molar-refractivity contribution >= 4 is 11.8 Å². The molecule has 0 saturated heterocycles. The van der Waals surface area contributed by atoms with Crippen LogP contribution in [0.25, 0.3) is 0 Å². The SMILES string of the molecule is CCC(CC)CSc1nnc(C)n1CCN. The highest BCUT2D eigenvalue weighted by Gasteiger charge is 2.11. The minimum atomic E-state index is 0.636. The van der Waals surface area contributed by atoms with Crippen LogP contribution >= 0.6 is 11.8 Å². The molecule has 0 bridgehead atoms. The highest BCUT2D eigenvalue weighted by Crippen LogP contribution is 2.22. The fraction of sp³-hybridized carbons (Fsp3) is 0.818. The average Bonchev–Trinajstić information content (AvgIpc) is 2.63.